The third kappa shape index (κ3) is 3.24. The first-order chi connectivity index (χ1) is 12.5. The van der Waals surface area contributed by atoms with Crippen LogP contribution < -0.4 is 9.47 Å². The van der Waals surface area contributed by atoms with Crippen molar-refractivity contribution in [1.82, 2.24) is 4.90 Å². The molecule has 0 bridgehead atoms. The molecule has 1 atom stereocenters. The van der Waals surface area contributed by atoms with Crippen LogP contribution in [0.3, 0.4) is 0 Å². The summed E-state index contributed by atoms with van der Waals surface area (Å²) in [6.45, 7) is 3.98. The van der Waals surface area contributed by atoms with E-state index in [1.807, 2.05) is 17.9 Å². The fourth-order valence-electron chi connectivity index (χ4n) is 3.59. The van der Waals surface area contributed by atoms with Crippen molar-refractivity contribution < 1.29 is 14.3 Å². The molecular formula is C20H19Cl2NO3. The van der Waals surface area contributed by atoms with Crippen LogP contribution in [0.25, 0.3) is 0 Å². The highest BCUT2D eigenvalue weighted by Crippen LogP contribution is 2.39. The first kappa shape index (κ1) is 17.5. The molecule has 0 saturated heterocycles. The van der Waals surface area contributed by atoms with Crippen LogP contribution in [-0.2, 0) is 6.42 Å². The number of hydrogen-bond acceptors (Lipinski definition) is 3. The van der Waals surface area contributed by atoms with Gasteiger partial charge in [0.2, 0.25) is 0 Å². The van der Waals surface area contributed by atoms with Crippen LogP contribution in [0, 0.1) is 0 Å². The lowest BCUT2D eigenvalue weighted by Crippen LogP contribution is -2.38. The highest BCUT2D eigenvalue weighted by molar-refractivity contribution is 6.35. The topological polar surface area (TPSA) is 38.8 Å². The van der Waals surface area contributed by atoms with E-state index >= 15 is 0 Å². The Morgan fingerprint density at radius 2 is 1.69 bits per heavy atom. The summed E-state index contributed by atoms with van der Waals surface area (Å²) in [7, 11) is 0. The molecule has 136 valence electrons. The number of nitrogens with zero attached hydrogens (tertiary/aromatic N) is 1. The molecule has 0 radical (unpaired) electrons. The van der Waals surface area contributed by atoms with E-state index in [2.05, 4.69) is 6.07 Å². The molecule has 2 aliphatic heterocycles. The molecule has 0 saturated carbocycles. The first-order valence-electron chi connectivity index (χ1n) is 8.72. The zero-order valence-corrected chi connectivity index (χ0v) is 15.9. The smallest absolute Gasteiger partial charge is 0.254 e. The quantitative estimate of drug-likeness (QED) is 0.692. The molecule has 0 unspecified atom stereocenters. The zero-order chi connectivity index (χ0) is 18.3. The Morgan fingerprint density at radius 1 is 1.04 bits per heavy atom. The maximum absolute atomic E-state index is 13.0. The highest BCUT2D eigenvalue weighted by atomic mass is 35.5. The molecule has 0 aliphatic carbocycles. The number of carbonyl (C=O) groups is 1. The van der Waals surface area contributed by atoms with Crippen molar-refractivity contribution in [3.8, 4) is 11.5 Å². The second-order valence-electron chi connectivity index (χ2n) is 6.63. The number of halogens is 2. The molecule has 0 spiro atoms. The van der Waals surface area contributed by atoms with E-state index in [-0.39, 0.29) is 11.9 Å². The first-order valence-corrected chi connectivity index (χ1v) is 9.48. The SMILES string of the molecule is C[C@H]1c2cc3c(cc2CCN1C(=O)c1cc(Cl)cc(Cl)c1)OCCCO3. The van der Waals surface area contributed by atoms with Crippen molar-refractivity contribution in [1.29, 1.82) is 0 Å². The Morgan fingerprint density at radius 3 is 2.38 bits per heavy atom. The van der Waals surface area contributed by atoms with Crippen LogP contribution in [0.15, 0.2) is 30.3 Å². The van der Waals surface area contributed by atoms with E-state index in [4.69, 9.17) is 32.7 Å². The Bertz CT molecular complexity index is 848. The minimum Gasteiger partial charge on any atom is -0.490 e. The van der Waals surface area contributed by atoms with Gasteiger partial charge >= 0.3 is 0 Å². The second kappa shape index (κ2) is 7.01. The normalized spacial score (nSPS) is 18.9. The maximum Gasteiger partial charge on any atom is 0.254 e. The summed E-state index contributed by atoms with van der Waals surface area (Å²) in [6.07, 6.45) is 1.64. The van der Waals surface area contributed by atoms with Gasteiger partial charge in [-0.15, -0.1) is 0 Å². The number of fused-ring (bicyclic) bond motifs is 2. The largest absolute Gasteiger partial charge is 0.490 e. The minimum absolute atomic E-state index is 0.0684. The number of ether oxygens (including phenoxy) is 2. The summed E-state index contributed by atoms with van der Waals surface area (Å²) in [5.74, 6) is 1.49. The molecule has 4 rings (SSSR count). The standard InChI is InChI=1S/C20H19Cl2NO3/c1-12-17-11-19-18(25-5-2-6-26-19)9-13(17)3-4-23(12)20(24)14-7-15(21)10-16(22)8-14/h7-12H,2-6H2,1H3/t12-/m0/s1. The van der Waals surface area contributed by atoms with Gasteiger partial charge in [-0.25, -0.2) is 0 Å². The summed E-state index contributed by atoms with van der Waals surface area (Å²) in [5, 5.41) is 0.920. The highest BCUT2D eigenvalue weighted by Gasteiger charge is 2.30. The van der Waals surface area contributed by atoms with Crippen molar-refractivity contribution in [2.24, 2.45) is 0 Å². The van der Waals surface area contributed by atoms with E-state index in [0.29, 0.717) is 35.4 Å². The number of amides is 1. The molecule has 2 aromatic rings. The summed E-state index contributed by atoms with van der Waals surface area (Å²) >= 11 is 12.1. The molecule has 4 nitrogen and oxygen atoms in total. The van der Waals surface area contributed by atoms with E-state index in [1.165, 1.54) is 5.56 Å². The van der Waals surface area contributed by atoms with Crippen molar-refractivity contribution in [3.63, 3.8) is 0 Å². The summed E-state index contributed by atoms with van der Waals surface area (Å²) in [5.41, 5.74) is 2.81. The predicted molar refractivity (Wildman–Crippen MR) is 102 cm³/mol. The molecular weight excluding hydrogens is 373 g/mol. The van der Waals surface area contributed by atoms with E-state index < -0.39 is 0 Å². The van der Waals surface area contributed by atoms with Gasteiger partial charge in [0, 0.05) is 28.6 Å². The summed E-state index contributed by atoms with van der Waals surface area (Å²) in [4.78, 5) is 14.9. The fourth-order valence-corrected chi connectivity index (χ4v) is 4.12. The Kier molecular flexibility index (Phi) is 4.72. The van der Waals surface area contributed by atoms with Gasteiger partial charge in [-0.3, -0.25) is 4.79 Å². The maximum atomic E-state index is 13.0. The van der Waals surface area contributed by atoms with Crippen LogP contribution >= 0.6 is 23.2 Å². The van der Waals surface area contributed by atoms with Gasteiger partial charge in [-0.1, -0.05) is 23.2 Å². The van der Waals surface area contributed by atoms with Crippen LogP contribution in [0.4, 0.5) is 0 Å². The molecule has 0 aromatic heterocycles. The van der Waals surface area contributed by atoms with Crippen molar-refractivity contribution in [2.75, 3.05) is 19.8 Å². The number of rotatable bonds is 1. The molecule has 1 amide bonds. The van der Waals surface area contributed by atoms with Crippen molar-refractivity contribution in [3.05, 3.63) is 57.1 Å². The fraction of sp³-hybridized carbons (Fsp3) is 0.350. The van der Waals surface area contributed by atoms with E-state index in [0.717, 1.165) is 29.9 Å². The predicted octanol–water partition coefficient (Wildman–Crippen LogP) is 4.91. The van der Waals surface area contributed by atoms with E-state index in [1.54, 1.807) is 18.2 Å². The molecule has 0 N–H and O–H groups in total. The van der Waals surface area contributed by atoms with Gasteiger partial charge in [-0.2, -0.15) is 0 Å². The van der Waals surface area contributed by atoms with Crippen LogP contribution in [0.2, 0.25) is 10.0 Å². The zero-order valence-electron chi connectivity index (χ0n) is 14.4. The lowest BCUT2D eigenvalue weighted by atomic mass is 9.92. The monoisotopic (exact) mass is 391 g/mol. The van der Waals surface area contributed by atoms with Crippen molar-refractivity contribution in [2.45, 2.75) is 25.8 Å². The molecule has 26 heavy (non-hydrogen) atoms. The number of carbonyl (C=O) groups excluding carboxylic acids is 1. The van der Waals surface area contributed by atoms with Gasteiger partial charge in [0.05, 0.1) is 19.3 Å². The second-order valence-corrected chi connectivity index (χ2v) is 7.50. The van der Waals surface area contributed by atoms with Crippen LogP contribution in [-0.4, -0.2) is 30.6 Å². The number of hydrogen-bond donors (Lipinski definition) is 0. The van der Waals surface area contributed by atoms with Crippen LogP contribution in [0.1, 0.15) is 40.9 Å². The van der Waals surface area contributed by atoms with Crippen LogP contribution in [0.5, 0.6) is 11.5 Å². The van der Waals surface area contributed by atoms with Gasteiger partial charge in [0.1, 0.15) is 0 Å². The Labute approximate surface area is 162 Å². The average Bonchev–Trinajstić information content (AvgIpc) is 2.84. The van der Waals surface area contributed by atoms with Gasteiger partial charge in [0.25, 0.3) is 5.91 Å². The van der Waals surface area contributed by atoms with Gasteiger partial charge in [-0.05, 0) is 54.8 Å². The van der Waals surface area contributed by atoms with E-state index in [9.17, 15) is 4.79 Å². The molecule has 6 heteroatoms. The lowest BCUT2D eigenvalue weighted by Gasteiger charge is -2.36. The third-order valence-electron chi connectivity index (χ3n) is 4.92. The third-order valence-corrected chi connectivity index (χ3v) is 5.36. The number of benzene rings is 2. The molecule has 2 aromatic carbocycles. The molecule has 2 aliphatic rings. The lowest BCUT2D eigenvalue weighted by molar-refractivity contribution is 0.0677. The average molecular weight is 392 g/mol. The Balaban J connectivity index is 1.66. The molecule has 2 heterocycles. The van der Waals surface area contributed by atoms with Crippen molar-refractivity contribution >= 4 is 29.1 Å². The van der Waals surface area contributed by atoms with Gasteiger partial charge in [0.15, 0.2) is 11.5 Å². The van der Waals surface area contributed by atoms with Gasteiger partial charge < -0.3 is 14.4 Å². The summed E-state index contributed by atoms with van der Waals surface area (Å²) < 4.78 is 11.6. The summed E-state index contributed by atoms with van der Waals surface area (Å²) in [6, 6.07) is 8.95. The Hall–Kier alpha value is -1.91. The molecule has 0 fully saturated rings. The minimum atomic E-state index is -0.0698.